The summed E-state index contributed by atoms with van der Waals surface area (Å²) in [6.45, 7) is 4.61. The first kappa shape index (κ1) is 67.5. The molecule has 0 aromatic rings. The lowest BCUT2D eigenvalue weighted by Gasteiger charge is -2.26. The number of ether oxygens (including phenoxy) is 4. The number of likely N-dealkylation sites (N-methyl/N-ethyl adjacent to an activating group) is 1. The minimum atomic E-state index is -1.63. The molecule has 0 aliphatic heterocycles. The molecule has 0 fully saturated rings. The molecule has 0 aromatic heterocycles. The van der Waals surface area contributed by atoms with E-state index in [1.54, 1.807) is 0 Å². The van der Waals surface area contributed by atoms with Gasteiger partial charge in [0.05, 0.1) is 40.3 Å². The van der Waals surface area contributed by atoms with Crippen molar-refractivity contribution in [2.45, 2.75) is 245 Å². The number of carbonyl (C=O) groups is 3. The number of unbranched alkanes of at least 4 members (excludes halogenated alkanes) is 23. The molecule has 0 saturated heterocycles. The fraction of sp³-hybridized carbons (Fsp3) is 0.726. The second-order valence-electron chi connectivity index (χ2n) is 20.2. The summed E-state index contributed by atoms with van der Waals surface area (Å²) < 4.78 is 22.7. The summed E-state index contributed by atoms with van der Waals surface area (Å²) in [4.78, 5) is 37.3. The highest BCUT2D eigenvalue weighted by Gasteiger charge is 2.22. The van der Waals surface area contributed by atoms with Gasteiger partial charge in [-0.25, -0.2) is 0 Å². The molecule has 9 heteroatoms. The topological polar surface area (TPSA) is 111 Å². The van der Waals surface area contributed by atoms with Gasteiger partial charge < -0.3 is 33.3 Å². The summed E-state index contributed by atoms with van der Waals surface area (Å²) in [6.07, 6.45) is 66.3. The summed E-state index contributed by atoms with van der Waals surface area (Å²) >= 11 is 0. The normalized spacial score (nSPS) is 13.4. The van der Waals surface area contributed by atoms with Crippen LogP contribution in [0.1, 0.15) is 232 Å². The van der Waals surface area contributed by atoms with Crippen LogP contribution in [0, 0.1) is 0 Å². The van der Waals surface area contributed by atoms with Crippen LogP contribution in [0.5, 0.6) is 0 Å². The number of carboxylic acid groups (broad SMARTS) is 1. The Morgan fingerprint density at radius 3 is 1.20 bits per heavy atom. The van der Waals surface area contributed by atoms with Crippen molar-refractivity contribution in [3.63, 3.8) is 0 Å². The molecular weight excluding hydrogens is 887 g/mol. The van der Waals surface area contributed by atoms with E-state index in [4.69, 9.17) is 18.9 Å². The van der Waals surface area contributed by atoms with Gasteiger partial charge in [-0.2, -0.15) is 0 Å². The number of rotatable bonds is 52. The van der Waals surface area contributed by atoms with Gasteiger partial charge in [0.25, 0.3) is 0 Å². The number of carbonyl (C=O) groups excluding carboxylic acids is 3. The predicted molar refractivity (Wildman–Crippen MR) is 297 cm³/mol. The molecule has 0 aromatic carbocycles. The van der Waals surface area contributed by atoms with Crippen molar-refractivity contribution in [3.05, 3.63) is 85.1 Å². The van der Waals surface area contributed by atoms with Gasteiger partial charge in [0.2, 0.25) is 0 Å². The Bertz CT molecular complexity index is 1440. The number of allylic oxidation sites excluding steroid dienone is 14. The van der Waals surface area contributed by atoms with Gasteiger partial charge in [-0.3, -0.25) is 9.59 Å². The Kier molecular flexibility index (Phi) is 50.2. The fourth-order valence-corrected chi connectivity index (χ4v) is 7.75. The van der Waals surface area contributed by atoms with Crippen LogP contribution in [0.3, 0.4) is 0 Å². The van der Waals surface area contributed by atoms with E-state index in [1.807, 2.05) is 21.1 Å². The maximum atomic E-state index is 12.8. The van der Waals surface area contributed by atoms with Crippen LogP contribution in [0.25, 0.3) is 0 Å². The third-order valence-corrected chi connectivity index (χ3v) is 12.2. The van der Waals surface area contributed by atoms with Crippen LogP contribution in [-0.4, -0.2) is 82.3 Å². The number of carboxylic acids is 1. The number of esters is 2. The van der Waals surface area contributed by atoms with Gasteiger partial charge in [-0.15, -0.1) is 0 Å². The third kappa shape index (κ3) is 54.1. The Labute approximate surface area is 436 Å². The highest BCUT2D eigenvalue weighted by atomic mass is 16.7. The standard InChI is InChI=1S/C62H107NO8/c1-6-8-10-12-14-16-18-20-22-24-26-28-29-30-31-33-35-37-39-41-43-45-47-49-51-53-60(65)71-58(57-70-62(61(66)67)68-55-54-63(3,4)5)56-69-59(64)52-50-48-46-44-42-40-38-36-34-32-27-25-23-21-19-17-15-13-11-9-7-2/h8,10,14,16,20,22,26,28,30-31,35,37,41,43,58,62H,6-7,9,11-13,15,17-19,21,23-25,27,29,32-34,36,38-40,42,44-57H2,1-5H3/b10-8-,16-14-,22-20-,28-26-,31-30-,37-35-,43-41-. The monoisotopic (exact) mass is 994 g/mol. The molecule has 0 bridgehead atoms. The molecule has 2 atom stereocenters. The molecule has 0 aliphatic carbocycles. The lowest BCUT2D eigenvalue weighted by atomic mass is 10.0. The molecule has 71 heavy (non-hydrogen) atoms. The smallest absolute Gasteiger partial charge is 0.306 e. The van der Waals surface area contributed by atoms with Crippen molar-refractivity contribution in [1.29, 1.82) is 0 Å². The first-order chi connectivity index (χ1) is 34.6. The van der Waals surface area contributed by atoms with Crippen LogP contribution >= 0.6 is 0 Å². The van der Waals surface area contributed by atoms with Gasteiger partial charge in [-0.05, 0) is 70.6 Å². The van der Waals surface area contributed by atoms with Crippen molar-refractivity contribution in [2.24, 2.45) is 0 Å². The summed E-state index contributed by atoms with van der Waals surface area (Å²) in [5.41, 5.74) is 0. The summed E-state index contributed by atoms with van der Waals surface area (Å²) in [5.74, 6) is -2.33. The molecular formula is C62H107NO8. The van der Waals surface area contributed by atoms with Crippen molar-refractivity contribution < 1.29 is 42.9 Å². The second kappa shape index (κ2) is 52.8. The van der Waals surface area contributed by atoms with Gasteiger partial charge in [0.1, 0.15) is 13.2 Å². The number of nitrogens with zero attached hydrogens (tertiary/aromatic N) is 1. The lowest BCUT2D eigenvalue weighted by Crippen LogP contribution is -2.44. The number of hydrogen-bond acceptors (Lipinski definition) is 8. The predicted octanol–water partition coefficient (Wildman–Crippen LogP) is 15.5. The molecule has 0 rings (SSSR count). The van der Waals surface area contributed by atoms with Crippen molar-refractivity contribution >= 4 is 17.9 Å². The van der Waals surface area contributed by atoms with Crippen LogP contribution < -0.4 is 5.11 Å². The second-order valence-corrected chi connectivity index (χ2v) is 20.2. The van der Waals surface area contributed by atoms with Crippen LogP contribution in [0.2, 0.25) is 0 Å². The Morgan fingerprint density at radius 1 is 0.437 bits per heavy atom. The zero-order chi connectivity index (χ0) is 52.0. The fourth-order valence-electron chi connectivity index (χ4n) is 7.75. The number of aliphatic carboxylic acids is 1. The zero-order valence-corrected chi connectivity index (χ0v) is 46.3. The number of hydrogen-bond donors (Lipinski definition) is 0. The van der Waals surface area contributed by atoms with Crippen molar-refractivity contribution in [2.75, 3.05) is 47.5 Å². The van der Waals surface area contributed by atoms with E-state index in [0.717, 1.165) is 83.5 Å². The summed E-state index contributed by atoms with van der Waals surface area (Å²) in [6, 6.07) is 0. The van der Waals surface area contributed by atoms with E-state index in [2.05, 4.69) is 98.9 Å². The molecule has 408 valence electrons. The SMILES string of the molecule is CC/C=C\C/C=C\C/C=C\C/C=C\C/C=C\C/C=C\C/C=C\CCCCCC(=O)OC(COC(=O)CCCCCCCCCCCCCCCCCCCCCCC)COC(OCC[N+](C)(C)C)C(=O)[O-]. The molecule has 9 nitrogen and oxygen atoms in total. The van der Waals surface area contributed by atoms with Crippen molar-refractivity contribution in [1.82, 2.24) is 0 Å². The Balaban J connectivity index is 4.35. The average molecular weight is 995 g/mol. The van der Waals surface area contributed by atoms with Crippen LogP contribution in [0.15, 0.2) is 85.1 Å². The minimum Gasteiger partial charge on any atom is -0.545 e. The molecule has 2 unspecified atom stereocenters. The first-order valence-corrected chi connectivity index (χ1v) is 28.7. The summed E-state index contributed by atoms with van der Waals surface area (Å²) in [7, 11) is 5.91. The molecule has 0 aliphatic rings. The maximum Gasteiger partial charge on any atom is 0.306 e. The van der Waals surface area contributed by atoms with Gasteiger partial charge >= 0.3 is 11.9 Å². The van der Waals surface area contributed by atoms with E-state index >= 15 is 0 Å². The highest BCUT2D eigenvalue weighted by molar-refractivity contribution is 5.70. The number of quaternary nitrogens is 1. The largest absolute Gasteiger partial charge is 0.545 e. The van der Waals surface area contributed by atoms with Gasteiger partial charge in [0.15, 0.2) is 12.4 Å². The highest BCUT2D eigenvalue weighted by Crippen LogP contribution is 2.16. The van der Waals surface area contributed by atoms with Crippen molar-refractivity contribution in [3.8, 4) is 0 Å². The third-order valence-electron chi connectivity index (χ3n) is 12.2. The quantitative estimate of drug-likeness (QED) is 0.0195. The van der Waals surface area contributed by atoms with Crippen LogP contribution in [-0.2, 0) is 33.3 Å². The molecule has 0 heterocycles. The Morgan fingerprint density at radius 2 is 0.803 bits per heavy atom. The zero-order valence-electron chi connectivity index (χ0n) is 46.3. The average Bonchev–Trinajstić information content (AvgIpc) is 3.34. The van der Waals surface area contributed by atoms with E-state index in [0.29, 0.717) is 17.4 Å². The molecule has 0 spiro atoms. The van der Waals surface area contributed by atoms with E-state index in [-0.39, 0.29) is 38.6 Å². The molecule has 0 saturated carbocycles. The molecule has 0 N–H and O–H groups in total. The summed E-state index contributed by atoms with van der Waals surface area (Å²) in [5, 5.41) is 11.8. The van der Waals surface area contributed by atoms with Gasteiger partial charge in [0, 0.05) is 12.8 Å². The Hall–Kier alpha value is -3.53. The molecule has 0 radical (unpaired) electrons. The van der Waals surface area contributed by atoms with E-state index < -0.39 is 24.3 Å². The van der Waals surface area contributed by atoms with E-state index in [1.165, 1.54) is 116 Å². The van der Waals surface area contributed by atoms with E-state index in [9.17, 15) is 19.5 Å². The van der Waals surface area contributed by atoms with Gasteiger partial charge in [-0.1, -0.05) is 234 Å². The minimum absolute atomic E-state index is 0.138. The maximum absolute atomic E-state index is 12.8. The molecule has 0 amide bonds. The first-order valence-electron chi connectivity index (χ1n) is 28.7. The van der Waals surface area contributed by atoms with Crippen LogP contribution in [0.4, 0.5) is 0 Å². The lowest BCUT2D eigenvalue weighted by molar-refractivity contribution is -0.870.